The van der Waals surface area contributed by atoms with Crippen molar-refractivity contribution < 1.29 is 0 Å². The number of fused-ring (bicyclic) bond motifs is 1. The summed E-state index contributed by atoms with van der Waals surface area (Å²) in [6.07, 6.45) is 3.47. The Labute approximate surface area is 98.3 Å². The van der Waals surface area contributed by atoms with Crippen LogP contribution in [0.25, 0.3) is 21.6 Å². The summed E-state index contributed by atoms with van der Waals surface area (Å²) in [6, 6.07) is 4.08. The fraction of sp³-hybridized carbons (Fsp3) is 0. The molecule has 0 aromatic carbocycles. The second-order valence-corrected chi connectivity index (χ2v) is 4.86. The van der Waals surface area contributed by atoms with Gasteiger partial charge in [-0.1, -0.05) is 6.07 Å². The molecule has 15 heavy (non-hydrogen) atoms. The van der Waals surface area contributed by atoms with Crippen LogP contribution in [0.5, 0.6) is 0 Å². The van der Waals surface area contributed by atoms with Gasteiger partial charge in [0.25, 0.3) is 0 Å². The molecule has 74 valence electrons. The number of halogens is 1. The lowest BCUT2D eigenvalue weighted by Crippen LogP contribution is -1.84. The van der Waals surface area contributed by atoms with Crippen molar-refractivity contribution in [2.75, 3.05) is 0 Å². The smallest absolute Gasteiger partial charge is 0.142 e. The first-order valence-electron chi connectivity index (χ1n) is 4.38. The van der Waals surface area contributed by atoms with Crippen LogP contribution in [0.3, 0.4) is 0 Å². The van der Waals surface area contributed by atoms with Crippen LogP contribution in [0, 0.1) is 0 Å². The van der Waals surface area contributed by atoms with Crippen LogP contribution in [0.4, 0.5) is 0 Å². The molecule has 1 N–H and O–H groups in total. The third-order valence-electron chi connectivity index (χ3n) is 2.18. The Morgan fingerprint density at radius 1 is 1.33 bits per heavy atom. The highest BCUT2D eigenvalue weighted by Gasteiger charge is 2.11. The number of nitrogens with one attached hydrogen (secondary N) is 1. The van der Waals surface area contributed by atoms with Gasteiger partial charge in [-0.05, 0) is 27.4 Å². The first-order valence-corrected chi connectivity index (χ1v) is 6.05. The zero-order valence-corrected chi connectivity index (χ0v) is 9.97. The van der Waals surface area contributed by atoms with Crippen LogP contribution in [0.1, 0.15) is 0 Å². The van der Waals surface area contributed by atoms with Gasteiger partial charge < -0.3 is 4.98 Å². The van der Waals surface area contributed by atoms with Gasteiger partial charge in [-0.3, -0.25) is 0 Å². The average molecular weight is 280 g/mol. The molecule has 3 heterocycles. The van der Waals surface area contributed by atoms with Gasteiger partial charge in [0.15, 0.2) is 0 Å². The molecular weight excluding hydrogens is 274 g/mol. The van der Waals surface area contributed by atoms with Crippen molar-refractivity contribution in [3.05, 3.63) is 34.5 Å². The van der Waals surface area contributed by atoms with Crippen molar-refractivity contribution in [3.8, 4) is 10.6 Å². The zero-order chi connectivity index (χ0) is 10.3. The highest BCUT2D eigenvalue weighted by Crippen LogP contribution is 2.33. The molecule has 5 heteroatoms. The van der Waals surface area contributed by atoms with Crippen molar-refractivity contribution in [3.63, 3.8) is 0 Å². The van der Waals surface area contributed by atoms with E-state index < -0.39 is 0 Å². The van der Waals surface area contributed by atoms with E-state index in [4.69, 9.17) is 0 Å². The van der Waals surface area contributed by atoms with E-state index in [0.717, 1.165) is 26.1 Å². The number of nitrogens with zero attached hydrogens (tertiary/aromatic N) is 2. The highest BCUT2D eigenvalue weighted by molar-refractivity contribution is 9.10. The predicted octanol–water partition coefficient (Wildman–Crippen LogP) is 3.45. The number of rotatable bonds is 1. The van der Waals surface area contributed by atoms with Crippen LogP contribution < -0.4 is 0 Å². The molecule has 0 aliphatic carbocycles. The van der Waals surface area contributed by atoms with Crippen LogP contribution >= 0.6 is 27.3 Å². The van der Waals surface area contributed by atoms with Crippen LogP contribution in [-0.4, -0.2) is 15.0 Å². The lowest BCUT2D eigenvalue weighted by Gasteiger charge is -1.98. The maximum absolute atomic E-state index is 4.33. The van der Waals surface area contributed by atoms with Crippen molar-refractivity contribution in [2.24, 2.45) is 0 Å². The number of aromatic nitrogens is 3. The molecule has 0 amide bonds. The Bertz CT molecular complexity index is 600. The lowest BCUT2D eigenvalue weighted by molar-refractivity contribution is 1.21. The summed E-state index contributed by atoms with van der Waals surface area (Å²) in [7, 11) is 0. The molecule has 0 bridgehead atoms. The molecule has 0 saturated heterocycles. The fourth-order valence-electron chi connectivity index (χ4n) is 1.53. The largest absolute Gasteiger partial charge is 0.345 e. The van der Waals surface area contributed by atoms with E-state index in [1.165, 1.54) is 0 Å². The summed E-state index contributed by atoms with van der Waals surface area (Å²) in [4.78, 5) is 12.8. The monoisotopic (exact) mass is 279 g/mol. The molecule has 3 nitrogen and oxygen atoms in total. The number of H-pyrrole nitrogens is 1. The highest BCUT2D eigenvalue weighted by atomic mass is 79.9. The van der Waals surface area contributed by atoms with E-state index in [2.05, 4.69) is 36.9 Å². The second-order valence-electron chi connectivity index (χ2n) is 3.06. The summed E-state index contributed by atoms with van der Waals surface area (Å²) in [5.41, 5.74) is 1.84. The fourth-order valence-corrected chi connectivity index (χ4v) is 2.74. The second kappa shape index (κ2) is 3.43. The van der Waals surface area contributed by atoms with Gasteiger partial charge in [0.1, 0.15) is 12.0 Å². The van der Waals surface area contributed by atoms with Gasteiger partial charge in [0.2, 0.25) is 0 Å². The van der Waals surface area contributed by atoms with Crippen molar-refractivity contribution in [1.82, 2.24) is 15.0 Å². The minimum atomic E-state index is 0.861. The lowest BCUT2D eigenvalue weighted by atomic mass is 10.2. The molecule has 3 aromatic rings. The molecule has 0 radical (unpaired) electrons. The molecule has 0 atom stereocenters. The first kappa shape index (κ1) is 9.06. The normalized spacial score (nSPS) is 11.0. The van der Waals surface area contributed by atoms with Gasteiger partial charge in [-0.25, -0.2) is 9.97 Å². The number of hydrogen-bond donors (Lipinski definition) is 1. The minimum absolute atomic E-state index is 0.861. The van der Waals surface area contributed by atoms with Crippen molar-refractivity contribution in [2.45, 2.75) is 0 Å². The number of aromatic amines is 1. The minimum Gasteiger partial charge on any atom is -0.345 e. The Morgan fingerprint density at radius 2 is 2.27 bits per heavy atom. The molecule has 0 saturated carbocycles. The van der Waals surface area contributed by atoms with Gasteiger partial charge in [0, 0.05) is 10.7 Å². The topological polar surface area (TPSA) is 41.6 Å². The summed E-state index contributed by atoms with van der Waals surface area (Å²) >= 11 is 5.17. The van der Waals surface area contributed by atoms with Gasteiger partial charge >= 0.3 is 0 Å². The predicted molar refractivity (Wildman–Crippen MR) is 64.9 cm³/mol. The molecule has 0 spiro atoms. The molecule has 0 aliphatic rings. The van der Waals surface area contributed by atoms with E-state index in [0.29, 0.717) is 0 Å². The van der Waals surface area contributed by atoms with Crippen molar-refractivity contribution in [1.29, 1.82) is 0 Å². The summed E-state index contributed by atoms with van der Waals surface area (Å²) in [6.45, 7) is 0. The Kier molecular flexibility index (Phi) is 2.07. The third-order valence-corrected chi connectivity index (χ3v) is 3.68. The molecule has 3 aromatic heterocycles. The van der Waals surface area contributed by atoms with Gasteiger partial charge in [-0.2, -0.15) is 0 Å². The summed E-state index contributed by atoms with van der Waals surface area (Å²) < 4.78 is 1.00. The van der Waals surface area contributed by atoms with E-state index in [-0.39, 0.29) is 0 Å². The van der Waals surface area contributed by atoms with Gasteiger partial charge in [-0.15, -0.1) is 11.3 Å². The third kappa shape index (κ3) is 1.39. The van der Waals surface area contributed by atoms with E-state index in [1.807, 2.05) is 17.6 Å². The van der Waals surface area contributed by atoms with Crippen LogP contribution in [0.2, 0.25) is 0 Å². The van der Waals surface area contributed by atoms with Crippen LogP contribution in [-0.2, 0) is 0 Å². The summed E-state index contributed by atoms with van der Waals surface area (Å²) in [5, 5.41) is 3.09. The Balaban J connectivity index is 2.39. The van der Waals surface area contributed by atoms with Gasteiger partial charge in [0.05, 0.1) is 16.0 Å². The Morgan fingerprint density at radius 3 is 3.07 bits per heavy atom. The molecule has 0 unspecified atom stereocenters. The van der Waals surface area contributed by atoms with E-state index in [1.54, 1.807) is 17.7 Å². The van der Waals surface area contributed by atoms with Crippen LogP contribution in [0.15, 0.2) is 34.5 Å². The van der Waals surface area contributed by atoms with Crippen molar-refractivity contribution >= 4 is 38.3 Å². The SMILES string of the molecule is Brc1c[nH]c2ncnc(-c3cccs3)c12. The average Bonchev–Trinajstić information content (AvgIpc) is 2.88. The zero-order valence-electron chi connectivity index (χ0n) is 7.57. The number of hydrogen-bond acceptors (Lipinski definition) is 3. The van der Waals surface area contributed by atoms with E-state index in [9.17, 15) is 0 Å². The molecular formula is C10H6BrN3S. The number of thiophene rings is 1. The summed E-state index contributed by atoms with van der Waals surface area (Å²) in [5.74, 6) is 0. The molecule has 0 fully saturated rings. The molecule has 3 rings (SSSR count). The first-order chi connectivity index (χ1) is 7.36. The maximum atomic E-state index is 4.33. The quantitative estimate of drug-likeness (QED) is 0.741. The maximum Gasteiger partial charge on any atom is 0.142 e. The molecule has 0 aliphatic heterocycles. The Hall–Kier alpha value is -1.20. The van der Waals surface area contributed by atoms with E-state index >= 15 is 0 Å². The standard InChI is InChI=1S/C10H6BrN3S/c11-6-4-12-10-8(6)9(13-5-14-10)7-2-1-3-15-7/h1-5H,(H,12,13,14).